The van der Waals surface area contributed by atoms with Crippen molar-refractivity contribution in [3.05, 3.63) is 35.6 Å². The van der Waals surface area contributed by atoms with E-state index in [1.165, 1.54) is 12.3 Å². The summed E-state index contributed by atoms with van der Waals surface area (Å²) in [7, 11) is 1.81. The molecule has 0 saturated heterocycles. The summed E-state index contributed by atoms with van der Waals surface area (Å²) in [5.41, 5.74) is -0.00962. The second-order valence-corrected chi connectivity index (χ2v) is 4.33. The molecule has 18 heavy (non-hydrogen) atoms. The van der Waals surface area contributed by atoms with Crippen LogP contribution in [0.3, 0.4) is 0 Å². The fourth-order valence-corrected chi connectivity index (χ4v) is 1.92. The van der Waals surface area contributed by atoms with Crippen molar-refractivity contribution in [1.29, 1.82) is 0 Å². The van der Waals surface area contributed by atoms with Crippen molar-refractivity contribution in [1.82, 2.24) is 5.32 Å². The molecule has 1 unspecified atom stereocenters. The molecule has 1 aromatic heterocycles. The summed E-state index contributed by atoms with van der Waals surface area (Å²) in [5.74, 6) is 0. The van der Waals surface area contributed by atoms with Gasteiger partial charge in [0.1, 0.15) is 5.58 Å². The molecule has 0 aliphatic heterocycles. The Kier molecular flexibility index (Phi) is 3.34. The fourth-order valence-electron chi connectivity index (χ4n) is 1.92. The maximum absolute atomic E-state index is 12.8. The van der Waals surface area contributed by atoms with Crippen LogP contribution in [-0.4, -0.2) is 13.1 Å². The number of fused-ring (bicyclic) bond motifs is 1. The van der Waals surface area contributed by atoms with E-state index in [1.807, 2.05) is 14.0 Å². The van der Waals surface area contributed by atoms with Gasteiger partial charge in [-0.1, -0.05) is 12.1 Å². The van der Waals surface area contributed by atoms with E-state index in [-0.39, 0.29) is 11.6 Å². The highest BCUT2D eigenvalue weighted by Crippen LogP contribution is 2.36. The summed E-state index contributed by atoms with van der Waals surface area (Å²) in [6.45, 7) is 1.96. The van der Waals surface area contributed by atoms with Crippen molar-refractivity contribution in [3.8, 4) is 0 Å². The number of likely N-dealkylation sites (N-methyl/N-ethyl adjacent to an activating group) is 1. The van der Waals surface area contributed by atoms with Crippen molar-refractivity contribution in [2.24, 2.45) is 0 Å². The van der Waals surface area contributed by atoms with Crippen molar-refractivity contribution < 1.29 is 17.6 Å². The molecule has 2 nitrogen and oxygen atoms in total. The Hall–Kier alpha value is -1.49. The maximum Gasteiger partial charge on any atom is 0.420 e. The minimum Gasteiger partial charge on any atom is -0.463 e. The summed E-state index contributed by atoms with van der Waals surface area (Å²) in [6, 6.07) is 4.29. The number of hydrogen-bond acceptors (Lipinski definition) is 2. The van der Waals surface area contributed by atoms with E-state index in [0.717, 1.165) is 11.6 Å². The Bertz CT molecular complexity index is 545. The van der Waals surface area contributed by atoms with Gasteiger partial charge in [0.15, 0.2) is 0 Å². The van der Waals surface area contributed by atoms with Gasteiger partial charge < -0.3 is 9.73 Å². The minimum absolute atomic E-state index is 0.0803. The van der Waals surface area contributed by atoms with E-state index in [4.69, 9.17) is 4.42 Å². The van der Waals surface area contributed by atoms with Gasteiger partial charge in [0, 0.05) is 11.4 Å². The van der Waals surface area contributed by atoms with Gasteiger partial charge in [-0.25, -0.2) is 0 Å². The summed E-state index contributed by atoms with van der Waals surface area (Å²) in [6.07, 6.45) is -2.35. The topological polar surface area (TPSA) is 25.2 Å². The normalized spacial score (nSPS) is 14.1. The van der Waals surface area contributed by atoms with Gasteiger partial charge in [-0.15, -0.1) is 0 Å². The molecular formula is C13H14F3NO. The number of furan rings is 1. The van der Waals surface area contributed by atoms with Crippen molar-refractivity contribution >= 4 is 11.0 Å². The molecule has 1 heterocycles. The van der Waals surface area contributed by atoms with Crippen LogP contribution < -0.4 is 5.32 Å². The van der Waals surface area contributed by atoms with Crippen LogP contribution in [0, 0.1) is 0 Å². The van der Waals surface area contributed by atoms with Crippen LogP contribution in [0.4, 0.5) is 13.2 Å². The molecule has 0 spiro atoms. The zero-order chi connectivity index (χ0) is 13.3. The molecule has 0 bridgehead atoms. The molecule has 0 amide bonds. The first-order valence-corrected chi connectivity index (χ1v) is 5.67. The molecule has 0 aliphatic rings. The average Bonchev–Trinajstić information content (AvgIpc) is 2.71. The number of nitrogens with one attached hydrogen (secondary N) is 1. The molecule has 0 aliphatic carbocycles. The van der Waals surface area contributed by atoms with Gasteiger partial charge in [-0.2, -0.15) is 13.2 Å². The molecule has 2 rings (SSSR count). The average molecular weight is 257 g/mol. The van der Waals surface area contributed by atoms with E-state index >= 15 is 0 Å². The molecule has 98 valence electrons. The maximum atomic E-state index is 12.8. The molecule has 0 radical (unpaired) electrons. The van der Waals surface area contributed by atoms with Crippen LogP contribution in [0.15, 0.2) is 28.9 Å². The first kappa shape index (κ1) is 13.0. The number of para-hydroxylation sites is 1. The SMILES string of the molecule is CNC(C)Cc1coc2c(C(F)(F)F)cccc12. The van der Waals surface area contributed by atoms with E-state index in [9.17, 15) is 13.2 Å². The van der Waals surface area contributed by atoms with Gasteiger partial charge in [-0.3, -0.25) is 0 Å². The Balaban J connectivity index is 2.49. The highest BCUT2D eigenvalue weighted by atomic mass is 19.4. The van der Waals surface area contributed by atoms with Crippen molar-refractivity contribution in [3.63, 3.8) is 0 Å². The highest BCUT2D eigenvalue weighted by Gasteiger charge is 2.34. The zero-order valence-corrected chi connectivity index (χ0v) is 10.1. The number of hydrogen-bond donors (Lipinski definition) is 1. The van der Waals surface area contributed by atoms with Crippen LogP contribution in [0.2, 0.25) is 0 Å². The molecule has 1 N–H and O–H groups in total. The van der Waals surface area contributed by atoms with Crippen molar-refractivity contribution in [2.75, 3.05) is 7.05 Å². The molecule has 2 aromatic rings. The van der Waals surface area contributed by atoms with Gasteiger partial charge >= 0.3 is 6.18 Å². The van der Waals surface area contributed by atoms with Gasteiger partial charge in [0.25, 0.3) is 0 Å². The third-order valence-corrected chi connectivity index (χ3v) is 3.00. The lowest BCUT2D eigenvalue weighted by atomic mass is 10.0. The van der Waals surface area contributed by atoms with E-state index in [0.29, 0.717) is 11.8 Å². The second kappa shape index (κ2) is 4.65. The third-order valence-electron chi connectivity index (χ3n) is 3.00. The lowest BCUT2D eigenvalue weighted by Gasteiger charge is -2.09. The first-order valence-electron chi connectivity index (χ1n) is 5.67. The number of rotatable bonds is 3. The van der Waals surface area contributed by atoms with Crippen LogP contribution in [0.1, 0.15) is 18.1 Å². The number of benzene rings is 1. The smallest absolute Gasteiger partial charge is 0.420 e. The molecule has 1 atom stereocenters. The first-order chi connectivity index (χ1) is 8.43. The van der Waals surface area contributed by atoms with Crippen LogP contribution in [0.5, 0.6) is 0 Å². The molecule has 5 heteroatoms. The molecule has 0 saturated carbocycles. The van der Waals surface area contributed by atoms with E-state index in [1.54, 1.807) is 6.07 Å². The van der Waals surface area contributed by atoms with Crippen molar-refractivity contribution in [2.45, 2.75) is 25.6 Å². The largest absolute Gasteiger partial charge is 0.463 e. The standard InChI is InChI=1S/C13H14F3NO/c1-8(17-2)6-9-7-18-12-10(9)4-3-5-11(12)13(14,15)16/h3-5,7-8,17H,6H2,1-2H3. The quantitative estimate of drug-likeness (QED) is 0.908. The lowest BCUT2D eigenvalue weighted by Crippen LogP contribution is -2.23. The second-order valence-electron chi connectivity index (χ2n) is 4.33. The highest BCUT2D eigenvalue weighted by molar-refractivity contribution is 5.84. The molecule has 1 aromatic carbocycles. The van der Waals surface area contributed by atoms with Crippen LogP contribution in [0.25, 0.3) is 11.0 Å². The third kappa shape index (κ3) is 2.36. The Labute approximate surface area is 103 Å². The fraction of sp³-hybridized carbons (Fsp3) is 0.385. The zero-order valence-electron chi connectivity index (χ0n) is 10.1. The molecular weight excluding hydrogens is 243 g/mol. The van der Waals surface area contributed by atoms with Gasteiger partial charge in [0.05, 0.1) is 11.8 Å². The summed E-state index contributed by atoms with van der Waals surface area (Å²) < 4.78 is 43.5. The predicted molar refractivity (Wildman–Crippen MR) is 63.4 cm³/mol. The monoisotopic (exact) mass is 257 g/mol. The van der Waals surface area contributed by atoms with E-state index in [2.05, 4.69) is 5.32 Å². The van der Waals surface area contributed by atoms with Crippen LogP contribution in [-0.2, 0) is 12.6 Å². The lowest BCUT2D eigenvalue weighted by molar-refractivity contribution is -0.136. The summed E-state index contributed by atoms with van der Waals surface area (Å²) >= 11 is 0. The van der Waals surface area contributed by atoms with Crippen LogP contribution >= 0.6 is 0 Å². The van der Waals surface area contributed by atoms with E-state index < -0.39 is 11.7 Å². The predicted octanol–water partition coefficient (Wildman–Crippen LogP) is 3.60. The minimum atomic E-state index is -4.39. The summed E-state index contributed by atoms with van der Waals surface area (Å²) in [5, 5.41) is 3.58. The Morgan fingerprint density at radius 3 is 2.67 bits per heavy atom. The number of halogens is 3. The number of alkyl halides is 3. The Morgan fingerprint density at radius 2 is 2.06 bits per heavy atom. The molecule has 0 fully saturated rings. The van der Waals surface area contributed by atoms with Gasteiger partial charge in [-0.05, 0) is 32.0 Å². The van der Waals surface area contributed by atoms with Gasteiger partial charge in [0.2, 0.25) is 0 Å². The summed E-state index contributed by atoms with van der Waals surface area (Å²) in [4.78, 5) is 0. The Morgan fingerprint density at radius 1 is 1.33 bits per heavy atom.